The van der Waals surface area contributed by atoms with Crippen LogP contribution in [0.1, 0.15) is 19.3 Å². The number of aromatic nitrogens is 3. The molecule has 4 bridgehead atoms. The van der Waals surface area contributed by atoms with E-state index < -0.39 is 12.1 Å². The summed E-state index contributed by atoms with van der Waals surface area (Å²) in [5.41, 5.74) is 6.49. The number of morpholine rings is 1. The van der Waals surface area contributed by atoms with Gasteiger partial charge in [-0.05, 0) is 31.2 Å². The van der Waals surface area contributed by atoms with Crippen molar-refractivity contribution in [1.29, 1.82) is 0 Å². The van der Waals surface area contributed by atoms with Crippen LogP contribution in [-0.4, -0.2) is 59.2 Å². The predicted molar refractivity (Wildman–Crippen MR) is 106 cm³/mol. The number of alkyl halides is 3. The van der Waals surface area contributed by atoms with Gasteiger partial charge in [0.2, 0.25) is 5.95 Å². The maximum absolute atomic E-state index is 12.8. The van der Waals surface area contributed by atoms with Gasteiger partial charge in [-0.1, -0.05) is 0 Å². The average molecular weight is 434 g/mol. The molecule has 31 heavy (non-hydrogen) atoms. The quantitative estimate of drug-likeness (QED) is 0.786. The van der Waals surface area contributed by atoms with Gasteiger partial charge in [0, 0.05) is 37.0 Å². The predicted octanol–water partition coefficient (Wildman–Crippen LogP) is 2.60. The zero-order chi connectivity index (χ0) is 21.3. The summed E-state index contributed by atoms with van der Waals surface area (Å²) < 4.78 is 48.1. The molecule has 164 valence electrons. The average Bonchev–Trinajstić information content (AvgIpc) is 3.48. The monoisotopic (exact) mass is 434 g/mol. The highest BCUT2D eigenvalue weighted by molar-refractivity contribution is 5.68. The lowest BCUT2D eigenvalue weighted by molar-refractivity contribution is -0.274. The van der Waals surface area contributed by atoms with E-state index in [9.17, 15) is 13.2 Å². The second-order valence-corrected chi connectivity index (χ2v) is 8.71. The van der Waals surface area contributed by atoms with Gasteiger partial charge in [0.15, 0.2) is 11.6 Å². The second-order valence-electron chi connectivity index (χ2n) is 8.71. The molecule has 0 amide bonds. The Morgan fingerprint density at radius 1 is 1.06 bits per heavy atom. The van der Waals surface area contributed by atoms with Crippen molar-refractivity contribution >= 4 is 17.6 Å². The number of nitrogens with zero attached hydrogens (tertiary/aromatic N) is 5. The van der Waals surface area contributed by atoms with Crippen LogP contribution in [0.4, 0.5) is 30.8 Å². The maximum atomic E-state index is 12.8. The summed E-state index contributed by atoms with van der Waals surface area (Å²) in [4.78, 5) is 17.9. The van der Waals surface area contributed by atoms with E-state index in [4.69, 9.17) is 20.4 Å². The zero-order valence-corrected chi connectivity index (χ0v) is 16.5. The van der Waals surface area contributed by atoms with Gasteiger partial charge >= 0.3 is 6.36 Å². The molecule has 2 aromatic rings. The molecule has 0 radical (unpaired) electrons. The van der Waals surface area contributed by atoms with Crippen molar-refractivity contribution in [3.8, 4) is 17.0 Å². The Morgan fingerprint density at radius 3 is 2.55 bits per heavy atom. The second kappa shape index (κ2) is 6.59. The molecule has 6 heterocycles. The first kappa shape index (κ1) is 18.9. The number of fused-ring (bicyclic) bond motifs is 3. The zero-order valence-electron chi connectivity index (χ0n) is 16.5. The number of halogens is 3. The van der Waals surface area contributed by atoms with Gasteiger partial charge in [-0.2, -0.15) is 4.98 Å². The van der Waals surface area contributed by atoms with Gasteiger partial charge in [0.1, 0.15) is 5.82 Å². The Kier molecular flexibility index (Phi) is 4.02. The minimum atomic E-state index is -4.86. The van der Waals surface area contributed by atoms with E-state index in [0.29, 0.717) is 35.8 Å². The van der Waals surface area contributed by atoms with E-state index >= 15 is 0 Å². The number of hydrogen-bond acceptors (Lipinski definition) is 8. The van der Waals surface area contributed by atoms with Crippen molar-refractivity contribution in [2.75, 3.05) is 35.2 Å². The van der Waals surface area contributed by atoms with Crippen LogP contribution in [0.3, 0.4) is 0 Å². The smallest absolute Gasteiger partial charge is 0.402 e. The summed E-state index contributed by atoms with van der Waals surface area (Å²) in [6, 6.07) is 3.71. The summed E-state index contributed by atoms with van der Waals surface area (Å²) in [6.07, 6.45) is -0.0253. The van der Waals surface area contributed by atoms with Crippen LogP contribution in [0, 0.1) is 5.92 Å². The van der Waals surface area contributed by atoms with Gasteiger partial charge in [-0.15, -0.1) is 13.2 Å². The van der Waals surface area contributed by atoms with Crippen molar-refractivity contribution in [3.05, 3.63) is 18.3 Å². The normalized spacial score (nSPS) is 28.9. The van der Waals surface area contributed by atoms with Crippen molar-refractivity contribution < 1.29 is 22.6 Å². The van der Waals surface area contributed by atoms with Gasteiger partial charge < -0.3 is 25.0 Å². The fourth-order valence-electron chi connectivity index (χ4n) is 5.10. The Hall–Kier alpha value is -2.82. The topological polar surface area (TPSA) is 89.6 Å². The Labute approximate surface area is 176 Å². The van der Waals surface area contributed by atoms with Gasteiger partial charge in [-0.25, -0.2) is 9.97 Å². The number of nitrogen functional groups attached to an aromatic ring is 1. The summed E-state index contributed by atoms with van der Waals surface area (Å²) in [7, 11) is 0. The van der Waals surface area contributed by atoms with E-state index in [1.165, 1.54) is 12.3 Å². The first-order chi connectivity index (χ1) is 14.8. The molecule has 2 N–H and O–H groups in total. The molecular formula is C20H21F3N6O2. The highest BCUT2D eigenvalue weighted by Gasteiger charge is 2.45. The standard InChI is InChI=1S/C20H21F3N6O2/c21-20(22,23)31-16-3-11(6-25-18(16)24)15-5-17(28-8-14-4-13(28)9-30-14)27-19(26-15)29-7-10-1-12(29)2-10/h3,5-6,10,12-14H,1-2,4,7-9H2,(H2,24,25)/t10?,12?,13-,14-/m0/s1. The van der Waals surface area contributed by atoms with E-state index in [1.54, 1.807) is 6.07 Å². The largest absolute Gasteiger partial charge is 0.573 e. The molecule has 7 rings (SSSR count). The fourth-order valence-corrected chi connectivity index (χ4v) is 5.10. The number of rotatable bonds is 4. The number of anilines is 3. The molecule has 1 saturated carbocycles. The molecule has 1 aliphatic carbocycles. The summed E-state index contributed by atoms with van der Waals surface area (Å²) in [6.45, 7) is 2.31. The molecule has 5 fully saturated rings. The van der Waals surface area contributed by atoms with Crippen LogP contribution in [-0.2, 0) is 4.74 Å². The summed E-state index contributed by atoms with van der Waals surface area (Å²) >= 11 is 0. The Morgan fingerprint density at radius 2 is 1.90 bits per heavy atom. The highest BCUT2D eigenvalue weighted by atomic mass is 19.4. The molecule has 0 spiro atoms. The molecule has 5 aliphatic rings. The van der Waals surface area contributed by atoms with Crippen molar-refractivity contribution in [2.45, 2.75) is 43.8 Å². The third-order valence-corrected chi connectivity index (χ3v) is 6.66. The lowest BCUT2D eigenvalue weighted by Crippen LogP contribution is -2.38. The van der Waals surface area contributed by atoms with E-state index in [1.807, 2.05) is 0 Å². The SMILES string of the molecule is Nc1ncc(-c2cc(N3C[C@@H]4C[C@H]3CO4)nc(N3CC4CC3C4)n2)cc1OC(F)(F)F. The van der Waals surface area contributed by atoms with Crippen LogP contribution < -0.4 is 20.3 Å². The third kappa shape index (κ3) is 3.31. The molecule has 2 aromatic heterocycles. The van der Waals surface area contributed by atoms with Gasteiger partial charge in [-0.3, -0.25) is 0 Å². The molecule has 0 unspecified atom stereocenters. The Bertz CT molecular complexity index is 1030. The molecule has 0 aromatic carbocycles. The summed E-state index contributed by atoms with van der Waals surface area (Å²) in [5.74, 6) is 1.17. The summed E-state index contributed by atoms with van der Waals surface area (Å²) in [5, 5.41) is 0. The van der Waals surface area contributed by atoms with E-state index in [0.717, 1.165) is 38.2 Å². The lowest BCUT2D eigenvalue weighted by atomic mass is 9.86. The molecular weight excluding hydrogens is 413 g/mol. The maximum Gasteiger partial charge on any atom is 0.573 e. The number of pyridine rings is 1. The van der Waals surface area contributed by atoms with Crippen molar-refractivity contribution in [3.63, 3.8) is 0 Å². The van der Waals surface area contributed by atoms with Crippen molar-refractivity contribution in [2.24, 2.45) is 5.92 Å². The first-order valence-corrected chi connectivity index (χ1v) is 10.4. The lowest BCUT2D eigenvalue weighted by Gasteiger charge is -2.30. The molecule has 4 aliphatic heterocycles. The van der Waals surface area contributed by atoms with Crippen LogP contribution >= 0.6 is 0 Å². The van der Waals surface area contributed by atoms with Crippen LogP contribution in [0.15, 0.2) is 18.3 Å². The molecule has 4 saturated heterocycles. The number of hydrogen-bond donors (Lipinski definition) is 1. The minimum absolute atomic E-state index is 0.191. The minimum Gasteiger partial charge on any atom is -0.402 e. The van der Waals surface area contributed by atoms with E-state index in [-0.39, 0.29) is 18.0 Å². The van der Waals surface area contributed by atoms with Crippen molar-refractivity contribution in [1.82, 2.24) is 15.0 Å². The first-order valence-electron chi connectivity index (χ1n) is 10.4. The number of ether oxygens (including phenoxy) is 2. The molecule has 2 atom stereocenters. The number of nitrogens with two attached hydrogens (primary N) is 1. The van der Waals surface area contributed by atoms with E-state index in [2.05, 4.69) is 19.5 Å². The fraction of sp³-hybridized carbons (Fsp3) is 0.550. The van der Waals surface area contributed by atoms with Gasteiger partial charge in [0.05, 0.1) is 24.4 Å². The Balaban J connectivity index is 1.41. The third-order valence-electron chi connectivity index (χ3n) is 6.66. The molecule has 11 heteroatoms. The van der Waals surface area contributed by atoms with Crippen LogP contribution in [0.5, 0.6) is 5.75 Å². The molecule has 8 nitrogen and oxygen atoms in total. The van der Waals surface area contributed by atoms with Crippen LogP contribution in [0.25, 0.3) is 11.3 Å². The van der Waals surface area contributed by atoms with Crippen LogP contribution in [0.2, 0.25) is 0 Å². The van der Waals surface area contributed by atoms with Gasteiger partial charge in [0.25, 0.3) is 0 Å². The highest BCUT2D eigenvalue weighted by Crippen LogP contribution is 2.43.